The van der Waals surface area contributed by atoms with Gasteiger partial charge >= 0.3 is 6.36 Å². The molecular formula is C8H6ClF4NO. The van der Waals surface area contributed by atoms with Crippen LogP contribution in [-0.4, -0.2) is 6.36 Å². The number of nitrogens with two attached hydrogens (primary N) is 1. The van der Waals surface area contributed by atoms with E-state index in [2.05, 4.69) is 4.74 Å². The van der Waals surface area contributed by atoms with Crippen molar-refractivity contribution in [2.45, 2.75) is 12.2 Å². The molecule has 0 fully saturated rings. The first-order valence-electron chi connectivity index (χ1n) is 3.73. The van der Waals surface area contributed by atoms with E-state index >= 15 is 0 Å². The number of hydrogen-bond donors (Lipinski definition) is 1. The Balaban J connectivity index is 3.04. The van der Waals surface area contributed by atoms with Crippen molar-refractivity contribution >= 4 is 17.3 Å². The van der Waals surface area contributed by atoms with Gasteiger partial charge in [0.15, 0.2) is 0 Å². The molecule has 0 aliphatic carbocycles. The topological polar surface area (TPSA) is 35.2 Å². The fourth-order valence-corrected chi connectivity index (χ4v) is 1.25. The van der Waals surface area contributed by atoms with E-state index in [4.69, 9.17) is 17.3 Å². The van der Waals surface area contributed by atoms with Gasteiger partial charge in [0.25, 0.3) is 0 Å². The maximum absolute atomic E-state index is 13.1. The average Bonchev–Trinajstić information content (AvgIpc) is 1.99. The molecule has 2 nitrogen and oxygen atoms in total. The highest BCUT2D eigenvalue weighted by Crippen LogP contribution is 2.29. The zero-order chi connectivity index (χ0) is 11.6. The van der Waals surface area contributed by atoms with E-state index in [1.807, 2.05) is 0 Å². The Hall–Kier alpha value is -1.17. The third-order valence-corrected chi connectivity index (χ3v) is 1.84. The Morgan fingerprint density at radius 2 is 1.93 bits per heavy atom. The third-order valence-electron chi connectivity index (χ3n) is 1.57. The molecule has 0 amide bonds. The fourth-order valence-electron chi connectivity index (χ4n) is 0.965. The van der Waals surface area contributed by atoms with Gasteiger partial charge in [-0.1, -0.05) is 0 Å². The Bertz CT molecular complexity index is 343. The monoisotopic (exact) mass is 243 g/mol. The predicted octanol–water partition coefficient (Wildman–Crippen LogP) is 3.05. The molecule has 0 bridgehead atoms. The van der Waals surface area contributed by atoms with Crippen molar-refractivity contribution in [3.8, 4) is 5.75 Å². The first kappa shape index (κ1) is 11.9. The minimum absolute atomic E-state index is 0.0498. The van der Waals surface area contributed by atoms with Gasteiger partial charge in [0.05, 0.1) is 5.88 Å². The highest BCUT2D eigenvalue weighted by Gasteiger charge is 2.31. The molecular weight excluding hydrogens is 238 g/mol. The Kier molecular flexibility index (Phi) is 3.28. The van der Waals surface area contributed by atoms with Crippen LogP contribution in [0.5, 0.6) is 5.75 Å². The summed E-state index contributed by atoms with van der Waals surface area (Å²) < 4.78 is 51.9. The van der Waals surface area contributed by atoms with E-state index in [9.17, 15) is 17.6 Å². The van der Waals surface area contributed by atoms with Gasteiger partial charge in [0.2, 0.25) is 0 Å². The lowest BCUT2D eigenvalue weighted by Gasteiger charge is -2.11. The molecule has 7 heteroatoms. The van der Waals surface area contributed by atoms with Crippen LogP contribution in [0, 0.1) is 5.82 Å². The maximum Gasteiger partial charge on any atom is 0.573 e. The van der Waals surface area contributed by atoms with Crippen molar-refractivity contribution < 1.29 is 22.3 Å². The highest BCUT2D eigenvalue weighted by atomic mass is 35.5. The molecule has 0 aromatic heterocycles. The van der Waals surface area contributed by atoms with Crippen molar-refractivity contribution in [2.24, 2.45) is 0 Å². The van der Waals surface area contributed by atoms with Crippen LogP contribution in [0.1, 0.15) is 5.56 Å². The van der Waals surface area contributed by atoms with Gasteiger partial charge in [0.1, 0.15) is 11.6 Å². The van der Waals surface area contributed by atoms with Crippen LogP contribution in [0.4, 0.5) is 23.2 Å². The molecule has 0 saturated carbocycles. The summed E-state index contributed by atoms with van der Waals surface area (Å²) in [5.74, 6) is -1.85. The molecule has 0 aliphatic rings. The minimum atomic E-state index is -4.87. The molecule has 84 valence electrons. The average molecular weight is 244 g/mol. The molecule has 0 spiro atoms. The molecule has 1 rings (SSSR count). The first-order chi connectivity index (χ1) is 6.83. The smallest absolute Gasteiger partial charge is 0.406 e. The van der Waals surface area contributed by atoms with Gasteiger partial charge in [-0.25, -0.2) is 4.39 Å². The van der Waals surface area contributed by atoms with E-state index in [-0.39, 0.29) is 17.1 Å². The van der Waals surface area contributed by atoms with Gasteiger partial charge in [0, 0.05) is 23.4 Å². The van der Waals surface area contributed by atoms with Crippen molar-refractivity contribution in [2.75, 3.05) is 5.73 Å². The normalized spacial score (nSPS) is 11.5. The number of rotatable bonds is 2. The van der Waals surface area contributed by atoms with Crippen molar-refractivity contribution in [3.63, 3.8) is 0 Å². The number of alkyl halides is 4. The number of anilines is 1. The lowest BCUT2D eigenvalue weighted by Crippen LogP contribution is -2.17. The quantitative estimate of drug-likeness (QED) is 0.492. The molecule has 0 aliphatic heterocycles. The summed E-state index contributed by atoms with van der Waals surface area (Å²) in [6.07, 6.45) is -4.87. The second kappa shape index (κ2) is 4.14. The largest absolute Gasteiger partial charge is 0.573 e. The van der Waals surface area contributed by atoms with Crippen LogP contribution < -0.4 is 10.5 Å². The molecule has 0 radical (unpaired) electrons. The molecule has 0 saturated heterocycles. The van der Waals surface area contributed by atoms with Crippen molar-refractivity contribution in [3.05, 3.63) is 23.5 Å². The summed E-state index contributed by atoms with van der Waals surface area (Å²) in [5.41, 5.74) is 5.05. The van der Waals surface area contributed by atoms with Gasteiger partial charge in [-0.2, -0.15) is 0 Å². The van der Waals surface area contributed by atoms with Crippen LogP contribution in [0.15, 0.2) is 12.1 Å². The van der Waals surface area contributed by atoms with Crippen LogP contribution in [0.25, 0.3) is 0 Å². The number of halogens is 5. The molecule has 0 unspecified atom stereocenters. The number of nitrogen functional groups attached to an aromatic ring is 1. The molecule has 0 heterocycles. The highest BCUT2D eigenvalue weighted by molar-refractivity contribution is 6.17. The van der Waals surface area contributed by atoms with Crippen LogP contribution in [0.3, 0.4) is 0 Å². The summed E-state index contributed by atoms with van der Waals surface area (Å²) >= 11 is 5.34. The van der Waals surface area contributed by atoms with Crippen LogP contribution >= 0.6 is 11.6 Å². The van der Waals surface area contributed by atoms with Gasteiger partial charge in [-0.3, -0.25) is 0 Å². The summed E-state index contributed by atoms with van der Waals surface area (Å²) in [4.78, 5) is 0. The standard InChI is InChI=1S/C8H6ClF4NO/c9-3-5-6(10)1-4(2-7(5)14)15-8(11,12)13/h1-2H,3,14H2. The van der Waals surface area contributed by atoms with E-state index < -0.39 is 17.9 Å². The number of benzene rings is 1. The second-order valence-corrected chi connectivity index (χ2v) is 2.92. The zero-order valence-electron chi connectivity index (χ0n) is 7.24. The predicted molar refractivity (Wildman–Crippen MR) is 47.1 cm³/mol. The molecule has 2 N–H and O–H groups in total. The lowest BCUT2D eigenvalue weighted by atomic mass is 10.2. The Morgan fingerprint density at radius 1 is 1.33 bits per heavy atom. The summed E-state index contributed by atoms with van der Waals surface area (Å²) in [6, 6.07) is 1.45. The summed E-state index contributed by atoms with van der Waals surface area (Å²) in [7, 11) is 0. The van der Waals surface area contributed by atoms with Gasteiger partial charge in [-0.15, -0.1) is 24.8 Å². The van der Waals surface area contributed by atoms with E-state index in [0.29, 0.717) is 6.07 Å². The van der Waals surface area contributed by atoms with Crippen LogP contribution in [0.2, 0.25) is 0 Å². The van der Waals surface area contributed by atoms with Gasteiger partial charge in [-0.05, 0) is 0 Å². The fraction of sp³-hybridized carbons (Fsp3) is 0.250. The van der Waals surface area contributed by atoms with E-state index in [1.165, 1.54) is 0 Å². The number of ether oxygens (including phenoxy) is 1. The van der Waals surface area contributed by atoms with Crippen molar-refractivity contribution in [1.29, 1.82) is 0 Å². The second-order valence-electron chi connectivity index (χ2n) is 2.65. The van der Waals surface area contributed by atoms with E-state index in [1.54, 1.807) is 0 Å². The molecule has 1 aromatic rings. The Labute approximate surface area is 87.6 Å². The lowest BCUT2D eigenvalue weighted by molar-refractivity contribution is -0.274. The number of hydrogen-bond acceptors (Lipinski definition) is 2. The first-order valence-corrected chi connectivity index (χ1v) is 4.26. The molecule has 1 aromatic carbocycles. The third kappa shape index (κ3) is 3.16. The summed E-state index contributed by atoms with van der Waals surface area (Å²) in [5, 5.41) is 0. The zero-order valence-corrected chi connectivity index (χ0v) is 7.99. The van der Waals surface area contributed by atoms with E-state index in [0.717, 1.165) is 6.07 Å². The van der Waals surface area contributed by atoms with Crippen molar-refractivity contribution in [1.82, 2.24) is 0 Å². The molecule has 0 atom stereocenters. The molecule has 15 heavy (non-hydrogen) atoms. The minimum Gasteiger partial charge on any atom is -0.406 e. The van der Waals surface area contributed by atoms with Crippen LogP contribution in [-0.2, 0) is 5.88 Å². The Morgan fingerprint density at radius 3 is 2.33 bits per heavy atom. The van der Waals surface area contributed by atoms with Gasteiger partial charge < -0.3 is 10.5 Å². The summed E-state index contributed by atoms with van der Waals surface area (Å²) in [6.45, 7) is 0. The maximum atomic E-state index is 13.1. The SMILES string of the molecule is Nc1cc(OC(F)(F)F)cc(F)c1CCl.